The Hall–Kier alpha value is -3.59. The molecule has 1 aliphatic rings. The molecule has 0 atom stereocenters. The van der Waals surface area contributed by atoms with Crippen molar-refractivity contribution in [2.75, 3.05) is 45.4 Å². The van der Waals surface area contributed by atoms with Gasteiger partial charge in [0.15, 0.2) is 5.65 Å². The predicted molar refractivity (Wildman–Crippen MR) is 126 cm³/mol. The molecular formula is C24H27N5O4. The van der Waals surface area contributed by atoms with Crippen LogP contribution in [0, 0.1) is 13.8 Å². The maximum atomic E-state index is 13.7. The van der Waals surface area contributed by atoms with Crippen LogP contribution in [0.5, 0.6) is 11.5 Å². The van der Waals surface area contributed by atoms with Gasteiger partial charge >= 0.3 is 5.69 Å². The molecule has 9 nitrogen and oxygen atoms in total. The van der Waals surface area contributed by atoms with Crippen LogP contribution in [-0.2, 0) is 11.3 Å². The molecule has 1 aliphatic heterocycles. The summed E-state index contributed by atoms with van der Waals surface area (Å²) >= 11 is 0. The number of nitrogens with zero attached hydrogens (tertiary/aromatic N) is 5. The molecule has 1 saturated heterocycles. The number of hydrogen-bond acceptors (Lipinski definition) is 7. The molecule has 0 N–H and O–H groups in total. The van der Waals surface area contributed by atoms with E-state index < -0.39 is 0 Å². The van der Waals surface area contributed by atoms with E-state index in [0.717, 1.165) is 41.2 Å². The number of fused-ring (bicyclic) bond motifs is 3. The molecule has 0 unspecified atom stereocenters. The number of pyridine rings is 1. The number of methoxy groups -OCH3 is 2. The van der Waals surface area contributed by atoms with E-state index in [2.05, 4.69) is 9.88 Å². The zero-order chi connectivity index (χ0) is 23.1. The summed E-state index contributed by atoms with van der Waals surface area (Å²) in [6.07, 6.45) is 1.86. The summed E-state index contributed by atoms with van der Waals surface area (Å²) in [4.78, 5) is 25.4. The van der Waals surface area contributed by atoms with Crippen LogP contribution in [0.2, 0.25) is 0 Å². The summed E-state index contributed by atoms with van der Waals surface area (Å²) in [6.45, 7) is 7.07. The minimum absolute atomic E-state index is 0.154. The Morgan fingerprint density at radius 1 is 1.03 bits per heavy atom. The minimum Gasteiger partial charge on any atom is -0.497 e. The van der Waals surface area contributed by atoms with Crippen molar-refractivity contribution in [3.05, 3.63) is 57.9 Å². The third-order valence-electron chi connectivity index (χ3n) is 6.25. The van der Waals surface area contributed by atoms with Crippen molar-refractivity contribution in [1.82, 2.24) is 18.9 Å². The van der Waals surface area contributed by atoms with E-state index >= 15 is 0 Å². The fraction of sp³-hybridized carbons (Fsp3) is 0.375. The highest BCUT2D eigenvalue weighted by Crippen LogP contribution is 2.27. The van der Waals surface area contributed by atoms with E-state index in [1.165, 1.54) is 0 Å². The molecule has 4 heterocycles. The molecule has 1 fully saturated rings. The molecule has 0 radical (unpaired) electrons. The molecule has 172 valence electrons. The van der Waals surface area contributed by atoms with Crippen LogP contribution >= 0.6 is 0 Å². The molecule has 0 spiro atoms. The number of morpholine rings is 1. The van der Waals surface area contributed by atoms with E-state index in [-0.39, 0.29) is 5.69 Å². The molecule has 1 aromatic carbocycles. The second kappa shape index (κ2) is 8.40. The van der Waals surface area contributed by atoms with Crippen molar-refractivity contribution in [1.29, 1.82) is 0 Å². The van der Waals surface area contributed by atoms with Gasteiger partial charge in [-0.1, -0.05) is 0 Å². The molecule has 0 aliphatic carbocycles. The summed E-state index contributed by atoms with van der Waals surface area (Å²) < 4.78 is 19.8. The first-order valence-electron chi connectivity index (χ1n) is 10.9. The standard InChI is InChI=1S/C24H27N5O4/c1-15-16(2)29-23(26-15)22-21(11-18(13-25-22)27-5-7-33-8-6-27)28(24(29)30)14-17-9-19(31-3)12-20(10-17)32-4/h9-13H,5-8,14H2,1-4H3. The maximum absolute atomic E-state index is 13.7. The quantitative estimate of drug-likeness (QED) is 0.463. The molecule has 4 aromatic rings. The smallest absolute Gasteiger partial charge is 0.335 e. The number of anilines is 1. The summed E-state index contributed by atoms with van der Waals surface area (Å²) in [5.41, 5.74) is 5.34. The highest BCUT2D eigenvalue weighted by Gasteiger charge is 2.20. The second-order valence-corrected chi connectivity index (χ2v) is 8.19. The predicted octanol–water partition coefficient (Wildman–Crippen LogP) is 2.56. The van der Waals surface area contributed by atoms with Crippen molar-refractivity contribution in [2.24, 2.45) is 0 Å². The van der Waals surface area contributed by atoms with Crippen molar-refractivity contribution >= 4 is 22.4 Å². The van der Waals surface area contributed by atoms with Gasteiger partial charge in [0, 0.05) is 24.8 Å². The number of aryl methyl sites for hydroxylation is 2. The Morgan fingerprint density at radius 2 is 1.73 bits per heavy atom. The fourth-order valence-electron chi connectivity index (χ4n) is 4.34. The van der Waals surface area contributed by atoms with Gasteiger partial charge in [0.05, 0.1) is 57.1 Å². The number of imidazole rings is 1. The Morgan fingerprint density at radius 3 is 2.39 bits per heavy atom. The highest BCUT2D eigenvalue weighted by molar-refractivity contribution is 5.90. The molecular weight excluding hydrogens is 422 g/mol. The summed E-state index contributed by atoms with van der Waals surface area (Å²) in [5, 5.41) is 0. The number of benzene rings is 1. The fourth-order valence-corrected chi connectivity index (χ4v) is 4.34. The lowest BCUT2D eigenvalue weighted by molar-refractivity contribution is 0.122. The lowest BCUT2D eigenvalue weighted by Gasteiger charge is -2.28. The van der Waals surface area contributed by atoms with E-state index in [1.807, 2.05) is 44.3 Å². The number of ether oxygens (including phenoxy) is 3. The van der Waals surface area contributed by atoms with Crippen LogP contribution in [0.4, 0.5) is 5.69 Å². The van der Waals surface area contributed by atoms with E-state index in [4.69, 9.17) is 19.2 Å². The van der Waals surface area contributed by atoms with Gasteiger partial charge in [0.25, 0.3) is 0 Å². The van der Waals surface area contributed by atoms with Gasteiger partial charge in [-0.2, -0.15) is 0 Å². The Kier molecular flexibility index (Phi) is 5.41. The molecule has 3 aromatic heterocycles. The highest BCUT2D eigenvalue weighted by atomic mass is 16.5. The van der Waals surface area contributed by atoms with Crippen molar-refractivity contribution in [3.8, 4) is 11.5 Å². The largest absolute Gasteiger partial charge is 0.497 e. The van der Waals surface area contributed by atoms with Crippen molar-refractivity contribution < 1.29 is 14.2 Å². The van der Waals surface area contributed by atoms with Gasteiger partial charge in [-0.05, 0) is 37.6 Å². The van der Waals surface area contributed by atoms with Gasteiger partial charge in [0.2, 0.25) is 0 Å². The van der Waals surface area contributed by atoms with Crippen LogP contribution in [0.3, 0.4) is 0 Å². The zero-order valence-electron chi connectivity index (χ0n) is 19.3. The minimum atomic E-state index is -0.154. The molecule has 0 amide bonds. The molecule has 33 heavy (non-hydrogen) atoms. The summed E-state index contributed by atoms with van der Waals surface area (Å²) in [6, 6.07) is 7.67. The van der Waals surface area contributed by atoms with Crippen LogP contribution in [0.25, 0.3) is 16.7 Å². The maximum Gasteiger partial charge on any atom is 0.335 e. The molecule has 0 bridgehead atoms. The van der Waals surface area contributed by atoms with Crippen LogP contribution in [-0.4, -0.2) is 59.5 Å². The van der Waals surface area contributed by atoms with Crippen LogP contribution < -0.4 is 20.1 Å². The molecule has 9 heteroatoms. The first kappa shape index (κ1) is 21.3. The van der Waals surface area contributed by atoms with Gasteiger partial charge < -0.3 is 19.1 Å². The normalized spacial score (nSPS) is 14.2. The SMILES string of the molecule is COc1cc(Cn2c(=O)n3c(C)c(C)nc3c3ncc(N4CCOCC4)cc32)cc(OC)c1. The third-order valence-corrected chi connectivity index (χ3v) is 6.25. The van der Waals surface area contributed by atoms with Gasteiger partial charge in [0.1, 0.15) is 17.0 Å². The second-order valence-electron chi connectivity index (χ2n) is 8.19. The average molecular weight is 450 g/mol. The van der Waals surface area contributed by atoms with Gasteiger partial charge in [-0.25, -0.2) is 19.2 Å². The molecule has 0 saturated carbocycles. The van der Waals surface area contributed by atoms with Crippen LogP contribution in [0.15, 0.2) is 35.3 Å². The van der Waals surface area contributed by atoms with E-state index in [9.17, 15) is 4.79 Å². The lowest BCUT2D eigenvalue weighted by atomic mass is 10.2. The van der Waals surface area contributed by atoms with E-state index in [1.54, 1.807) is 23.2 Å². The van der Waals surface area contributed by atoms with Gasteiger partial charge in [-0.3, -0.25) is 4.57 Å². The Bertz CT molecular complexity index is 1380. The third kappa shape index (κ3) is 3.68. The average Bonchev–Trinajstić information content (AvgIpc) is 3.16. The van der Waals surface area contributed by atoms with Crippen molar-refractivity contribution in [3.63, 3.8) is 0 Å². The first-order valence-corrected chi connectivity index (χ1v) is 10.9. The first-order chi connectivity index (χ1) is 16.0. The summed E-state index contributed by atoms with van der Waals surface area (Å²) in [5.74, 6) is 1.34. The topological polar surface area (TPSA) is 83.1 Å². The zero-order valence-corrected chi connectivity index (χ0v) is 19.3. The number of hydrogen-bond donors (Lipinski definition) is 0. The van der Waals surface area contributed by atoms with Crippen molar-refractivity contribution in [2.45, 2.75) is 20.4 Å². The Balaban J connectivity index is 1.75. The molecule has 5 rings (SSSR count). The monoisotopic (exact) mass is 449 g/mol. The van der Waals surface area contributed by atoms with Crippen LogP contribution in [0.1, 0.15) is 17.0 Å². The Labute approximate surface area is 191 Å². The number of aromatic nitrogens is 4. The number of rotatable bonds is 5. The van der Waals surface area contributed by atoms with Gasteiger partial charge in [-0.15, -0.1) is 0 Å². The lowest BCUT2D eigenvalue weighted by Crippen LogP contribution is -2.36. The summed E-state index contributed by atoms with van der Waals surface area (Å²) in [7, 11) is 3.23. The van der Waals surface area contributed by atoms with E-state index in [0.29, 0.717) is 42.4 Å².